The number of ketones is 3. The van der Waals surface area contributed by atoms with Gasteiger partial charge in [-0.1, -0.05) is 52.2 Å². The monoisotopic (exact) mass is 626 g/mol. The highest BCUT2D eigenvalue weighted by molar-refractivity contribution is 6.04. The van der Waals surface area contributed by atoms with E-state index in [1.54, 1.807) is 11.8 Å². The predicted molar refractivity (Wildman–Crippen MR) is 166 cm³/mol. The van der Waals surface area contributed by atoms with E-state index >= 15 is 0 Å². The predicted octanol–water partition coefficient (Wildman–Crippen LogP) is 4.08. The highest BCUT2D eigenvalue weighted by atomic mass is 16.6. The van der Waals surface area contributed by atoms with Gasteiger partial charge in [-0.3, -0.25) is 38.9 Å². The van der Waals surface area contributed by atoms with E-state index in [0.717, 1.165) is 6.42 Å². The van der Waals surface area contributed by atoms with Gasteiger partial charge in [-0.05, 0) is 44.1 Å². The van der Waals surface area contributed by atoms with Crippen LogP contribution in [0.1, 0.15) is 108 Å². The average molecular weight is 627 g/mol. The second-order valence-corrected chi connectivity index (χ2v) is 12.2. The molecule has 12 nitrogen and oxygen atoms in total. The number of nitrogens with one attached hydrogen (secondary N) is 2. The van der Waals surface area contributed by atoms with E-state index in [0.29, 0.717) is 64.3 Å². The third-order valence-corrected chi connectivity index (χ3v) is 9.08. The first kappa shape index (κ1) is 35.5. The van der Waals surface area contributed by atoms with E-state index in [4.69, 9.17) is 0 Å². The third-order valence-electron chi connectivity index (χ3n) is 9.08. The largest absolute Gasteiger partial charge is 0.344 e. The molecule has 1 unspecified atom stereocenters. The van der Waals surface area contributed by atoms with Crippen LogP contribution in [0.5, 0.6) is 0 Å². The Labute approximate surface area is 264 Å². The number of hydrogen-bond donors (Lipinski definition) is 2. The first-order valence-electron chi connectivity index (χ1n) is 16.2. The summed E-state index contributed by atoms with van der Waals surface area (Å²) in [6, 6.07) is 2.27. The van der Waals surface area contributed by atoms with Crippen LogP contribution in [0.4, 0.5) is 5.69 Å². The maximum Gasteiger partial charge on any atom is 0.280 e. The Morgan fingerprint density at radius 1 is 1.02 bits per heavy atom. The molecule has 45 heavy (non-hydrogen) atoms. The van der Waals surface area contributed by atoms with Crippen LogP contribution in [0, 0.1) is 22.0 Å². The van der Waals surface area contributed by atoms with Gasteiger partial charge in [-0.2, -0.15) is 0 Å². The number of nitrogens with zero attached hydrogens (tertiary/aromatic N) is 2. The summed E-state index contributed by atoms with van der Waals surface area (Å²) in [6.45, 7) is 5.85. The zero-order chi connectivity index (χ0) is 33.1. The first-order chi connectivity index (χ1) is 21.5. The van der Waals surface area contributed by atoms with E-state index in [2.05, 4.69) is 10.6 Å². The van der Waals surface area contributed by atoms with Crippen molar-refractivity contribution in [1.29, 1.82) is 0 Å². The molecular formula is C33H46N4O8. The normalized spacial score (nSPS) is 23.6. The number of nitro groups is 1. The summed E-state index contributed by atoms with van der Waals surface area (Å²) in [5.41, 5.74) is -0.619. The van der Waals surface area contributed by atoms with Crippen LogP contribution in [0.2, 0.25) is 0 Å². The molecule has 5 atom stereocenters. The molecule has 2 aliphatic heterocycles. The number of fused-ring (bicyclic) bond motifs is 1. The van der Waals surface area contributed by atoms with Crippen molar-refractivity contribution in [3.05, 3.63) is 39.9 Å². The van der Waals surface area contributed by atoms with Crippen molar-refractivity contribution in [2.75, 3.05) is 6.54 Å². The molecule has 2 fully saturated rings. The highest BCUT2D eigenvalue weighted by Gasteiger charge is 2.41. The second kappa shape index (κ2) is 16.9. The number of hydrogen-bond acceptors (Lipinski definition) is 8. The van der Waals surface area contributed by atoms with E-state index in [1.165, 1.54) is 24.3 Å². The van der Waals surface area contributed by atoms with Crippen molar-refractivity contribution in [1.82, 2.24) is 15.5 Å². The van der Waals surface area contributed by atoms with Crippen molar-refractivity contribution < 1.29 is 33.7 Å². The summed E-state index contributed by atoms with van der Waals surface area (Å²) >= 11 is 0. The molecule has 2 saturated heterocycles. The fourth-order valence-corrected chi connectivity index (χ4v) is 6.08. The lowest BCUT2D eigenvalue weighted by Gasteiger charge is -2.39. The van der Waals surface area contributed by atoms with Crippen LogP contribution >= 0.6 is 0 Å². The summed E-state index contributed by atoms with van der Waals surface area (Å²) in [4.78, 5) is 92.7. The summed E-state index contributed by atoms with van der Waals surface area (Å²) in [5.74, 6) is -3.59. The number of amides is 3. The Morgan fingerprint density at radius 3 is 2.44 bits per heavy atom. The van der Waals surface area contributed by atoms with Crippen LogP contribution in [0.15, 0.2) is 24.3 Å². The Balaban J connectivity index is 1.95. The van der Waals surface area contributed by atoms with Crippen LogP contribution in [-0.2, 0) is 24.0 Å². The molecule has 2 aliphatic rings. The molecule has 0 aromatic heterocycles. The lowest BCUT2D eigenvalue weighted by atomic mass is 9.87. The fourth-order valence-electron chi connectivity index (χ4n) is 6.08. The van der Waals surface area contributed by atoms with Crippen molar-refractivity contribution in [2.24, 2.45) is 11.8 Å². The van der Waals surface area contributed by atoms with Gasteiger partial charge in [0, 0.05) is 44.2 Å². The van der Waals surface area contributed by atoms with E-state index < -0.39 is 58.7 Å². The van der Waals surface area contributed by atoms with E-state index in [9.17, 15) is 38.9 Å². The van der Waals surface area contributed by atoms with Crippen LogP contribution in [-0.4, -0.2) is 69.6 Å². The van der Waals surface area contributed by atoms with E-state index in [-0.39, 0.29) is 35.4 Å². The van der Waals surface area contributed by atoms with Crippen LogP contribution in [0.3, 0.4) is 0 Å². The number of carbonyl (C=O) groups excluding carboxylic acids is 6. The minimum Gasteiger partial charge on any atom is -0.344 e. The van der Waals surface area contributed by atoms with Gasteiger partial charge in [0.2, 0.25) is 17.7 Å². The molecule has 246 valence electrons. The lowest BCUT2D eigenvalue weighted by Crippen LogP contribution is -2.61. The summed E-state index contributed by atoms with van der Waals surface area (Å²) in [6.07, 6.45) is 4.92. The molecule has 12 heteroatoms. The average Bonchev–Trinajstić information content (AvgIpc) is 3.04. The zero-order valence-electron chi connectivity index (χ0n) is 26.5. The van der Waals surface area contributed by atoms with Gasteiger partial charge in [0.15, 0.2) is 11.6 Å². The number of unbranched alkanes of at least 4 members (excludes halogenated alkanes) is 2. The molecule has 0 saturated carbocycles. The first-order valence-corrected chi connectivity index (χ1v) is 16.2. The van der Waals surface area contributed by atoms with Gasteiger partial charge in [-0.25, -0.2) is 0 Å². The van der Waals surface area contributed by atoms with Crippen LogP contribution < -0.4 is 10.6 Å². The van der Waals surface area contributed by atoms with Gasteiger partial charge in [0.25, 0.3) is 5.69 Å². The number of carbonyl (C=O) groups is 6. The van der Waals surface area contributed by atoms with E-state index in [1.807, 2.05) is 13.8 Å². The van der Waals surface area contributed by atoms with Crippen molar-refractivity contribution >= 4 is 40.8 Å². The Hall–Kier alpha value is -3.96. The maximum atomic E-state index is 13.9. The summed E-state index contributed by atoms with van der Waals surface area (Å²) in [5, 5.41) is 17.0. The molecule has 1 aromatic rings. The van der Waals surface area contributed by atoms with Gasteiger partial charge in [-0.15, -0.1) is 0 Å². The molecule has 3 rings (SSSR count). The molecular weight excluding hydrogens is 580 g/mol. The minimum absolute atomic E-state index is 0.130. The number of benzene rings is 1. The highest BCUT2D eigenvalue weighted by Crippen LogP contribution is 2.27. The number of piperidine rings is 1. The summed E-state index contributed by atoms with van der Waals surface area (Å²) in [7, 11) is 0. The fraction of sp³-hybridized carbons (Fsp3) is 0.636. The molecule has 0 bridgehead atoms. The lowest BCUT2D eigenvalue weighted by molar-refractivity contribution is -0.385. The standard InChI is InChI=1S/C33H46N4O8/c1-4-21(3)30-33(43)36-18-12-11-17-27(36)29(40)19-22(13-7-6-8-14-23(38)5-2)31(41)34-25(32(42)35-30)20-28(39)24-15-9-10-16-26(24)37(44)45/h9-10,15-16,21-22,25,27,30H,4-8,11-14,17-20H2,1-3H3,(H,34,41)(H,35,42)/t21?,22-,25+,27-,30+/m1/s1. The number of rotatable bonds is 13. The van der Waals surface area contributed by atoms with Crippen molar-refractivity contribution in [3.8, 4) is 0 Å². The number of Topliss-reactive ketones (excluding diaryl/α,β-unsaturated/α-hetero) is 3. The van der Waals surface area contributed by atoms with Gasteiger partial charge in [0.1, 0.15) is 17.9 Å². The molecule has 0 spiro atoms. The van der Waals surface area contributed by atoms with Gasteiger partial charge in [0.05, 0.1) is 16.5 Å². The Kier molecular flexibility index (Phi) is 13.4. The smallest absolute Gasteiger partial charge is 0.280 e. The maximum absolute atomic E-state index is 13.9. The Bertz CT molecular complexity index is 1280. The third kappa shape index (κ3) is 9.51. The molecule has 2 N–H and O–H groups in total. The van der Waals surface area contributed by atoms with Gasteiger partial charge >= 0.3 is 0 Å². The molecule has 1 aromatic carbocycles. The second-order valence-electron chi connectivity index (χ2n) is 12.2. The quantitative estimate of drug-likeness (QED) is 0.143. The summed E-state index contributed by atoms with van der Waals surface area (Å²) < 4.78 is 0. The van der Waals surface area contributed by atoms with Gasteiger partial charge < -0.3 is 15.5 Å². The molecule has 0 radical (unpaired) electrons. The number of nitro benzene ring substituents is 1. The van der Waals surface area contributed by atoms with Crippen molar-refractivity contribution in [3.63, 3.8) is 0 Å². The minimum atomic E-state index is -1.43. The molecule has 3 amide bonds. The topological polar surface area (TPSA) is 173 Å². The van der Waals surface area contributed by atoms with Crippen LogP contribution in [0.25, 0.3) is 0 Å². The molecule has 0 aliphatic carbocycles. The Morgan fingerprint density at radius 2 is 1.76 bits per heavy atom. The van der Waals surface area contributed by atoms with Crippen molar-refractivity contribution in [2.45, 2.75) is 116 Å². The SMILES string of the molecule is CCC(=O)CCCCC[C@@H]1CC(=O)[C@H]2CCCCN2C(=O)[C@H](C(C)CC)NC(=O)[C@H](CC(=O)c2ccccc2[N+](=O)[O-])NC1=O. The zero-order valence-corrected chi connectivity index (χ0v) is 26.5. The number of para-hydroxylation sites is 1. The molecule has 2 heterocycles.